The van der Waals surface area contributed by atoms with Gasteiger partial charge < -0.3 is 15.6 Å². The first-order valence-electron chi connectivity index (χ1n) is 7.87. The predicted octanol–water partition coefficient (Wildman–Crippen LogP) is 2.13. The van der Waals surface area contributed by atoms with Crippen LogP contribution in [0.1, 0.15) is 12.2 Å². The molecule has 3 aromatic rings. The molecule has 0 bridgehead atoms. The Morgan fingerprint density at radius 3 is 2.79 bits per heavy atom. The summed E-state index contributed by atoms with van der Waals surface area (Å²) in [5.74, 6) is -2.79. The summed E-state index contributed by atoms with van der Waals surface area (Å²) in [5, 5.41) is 20.2. The van der Waals surface area contributed by atoms with Gasteiger partial charge in [-0.25, -0.2) is 13.8 Å². The summed E-state index contributed by atoms with van der Waals surface area (Å²) >= 11 is 5.61. The maximum Gasteiger partial charge on any atom is 0.304 e. The van der Waals surface area contributed by atoms with Crippen molar-refractivity contribution in [2.45, 2.75) is 18.9 Å². The van der Waals surface area contributed by atoms with Gasteiger partial charge >= 0.3 is 5.97 Å². The second-order valence-corrected chi connectivity index (χ2v) is 6.15. The van der Waals surface area contributed by atoms with Gasteiger partial charge in [0.15, 0.2) is 17.5 Å². The van der Waals surface area contributed by atoms with Crippen molar-refractivity contribution in [3.05, 3.63) is 52.9 Å². The number of aliphatic carboxylic acids is 1. The van der Waals surface area contributed by atoms with Crippen molar-refractivity contribution in [3.8, 4) is 17.3 Å². The molecule has 0 aliphatic carbocycles. The lowest BCUT2D eigenvalue weighted by Gasteiger charge is -2.07. The molecular weight excluding hydrogens is 398 g/mol. The fourth-order valence-corrected chi connectivity index (χ4v) is 2.40. The number of nitrogens with zero attached hydrogens (tertiary/aromatic N) is 5. The van der Waals surface area contributed by atoms with E-state index in [2.05, 4.69) is 20.4 Å². The highest BCUT2D eigenvalue weighted by Crippen LogP contribution is 2.26. The second kappa shape index (κ2) is 8.23. The molecule has 28 heavy (non-hydrogen) atoms. The van der Waals surface area contributed by atoms with Crippen LogP contribution in [0.2, 0.25) is 5.02 Å². The van der Waals surface area contributed by atoms with Gasteiger partial charge in [-0.2, -0.15) is 0 Å². The molecule has 1 aromatic carbocycles. The molecule has 2 heterocycles. The van der Waals surface area contributed by atoms with Gasteiger partial charge in [0, 0.05) is 24.7 Å². The quantitative estimate of drug-likeness (QED) is 0.606. The summed E-state index contributed by atoms with van der Waals surface area (Å²) in [4.78, 5) is 15.3. The molecule has 1 atom stereocenters. The molecule has 9 nitrogen and oxygen atoms in total. The van der Waals surface area contributed by atoms with E-state index in [4.69, 9.17) is 27.2 Å². The number of carbonyl (C=O) groups is 1. The molecule has 12 heteroatoms. The number of nitrogens with two attached hydrogens (primary N) is 1. The zero-order valence-corrected chi connectivity index (χ0v) is 14.8. The molecular formula is C16H13ClF2N6O3. The van der Waals surface area contributed by atoms with Crippen LogP contribution in [0.3, 0.4) is 0 Å². The highest BCUT2D eigenvalue weighted by atomic mass is 35.5. The number of hydrogen-bond donors (Lipinski definition) is 2. The number of ether oxygens (including phenoxy) is 1. The van der Waals surface area contributed by atoms with E-state index < -0.39 is 23.6 Å². The first-order chi connectivity index (χ1) is 13.3. The summed E-state index contributed by atoms with van der Waals surface area (Å²) in [5.41, 5.74) is 5.63. The van der Waals surface area contributed by atoms with Crippen LogP contribution >= 0.6 is 11.6 Å². The Morgan fingerprint density at radius 2 is 2.11 bits per heavy atom. The van der Waals surface area contributed by atoms with Gasteiger partial charge in [0.25, 0.3) is 5.88 Å². The molecule has 3 rings (SSSR count). The molecule has 0 saturated carbocycles. The van der Waals surface area contributed by atoms with E-state index in [0.717, 1.165) is 16.9 Å². The van der Waals surface area contributed by atoms with Gasteiger partial charge in [0.05, 0.1) is 11.4 Å². The van der Waals surface area contributed by atoms with Crippen molar-refractivity contribution in [1.29, 1.82) is 0 Å². The lowest BCUT2D eigenvalue weighted by molar-refractivity contribution is -0.137. The Bertz CT molecular complexity index is 1020. The highest BCUT2D eigenvalue weighted by molar-refractivity contribution is 6.30. The third-order valence-electron chi connectivity index (χ3n) is 3.46. The first-order valence-corrected chi connectivity index (χ1v) is 8.24. The first kappa shape index (κ1) is 19.6. The molecule has 1 unspecified atom stereocenters. The van der Waals surface area contributed by atoms with Crippen LogP contribution in [-0.4, -0.2) is 42.3 Å². The molecule has 0 radical (unpaired) electrons. The van der Waals surface area contributed by atoms with E-state index in [0.29, 0.717) is 0 Å². The van der Waals surface area contributed by atoms with Gasteiger partial charge in [0.1, 0.15) is 11.4 Å². The molecule has 0 aliphatic rings. The van der Waals surface area contributed by atoms with Gasteiger partial charge in [-0.15, -0.1) is 15.0 Å². The normalized spacial score (nSPS) is 12.0. The maximum atomic E-state index is 14.4. The minimum absolute atomic E-state index is 0.00112. The zero-order valence-electron chi connectivity index (χ0n) is 14.1. The number of benzene rings is 1. The summed E-state index contributed by atoms with van der Waals surface area (Å²) < 4.78 is 33.3. The third-order valence-corrected chi connectivity index (χ3v) is 3.67. The molecule has 0 spiro atoms. The lowest BCUT2D eigenvalue weighted by Crippen LogP contribution is -2.26. The Balaban J connectivity index is 1.75. The van der Waals surface area contributed by atoms with E-state index in [1.165, 1.54) is 18.3 Å². The van der Waals surface area contributed by atoms with Crippen molar-refractivity contribution in [1.82, 2.24) is 25.2 Å². The summed E-state index contributed by atoms with van der Waals surface area (Å²) in [6, 6.07) is 4.00. The van der Waals surface area contributed by atoms with Crippen molar-refractivity contribution < 1.29 is 23.4 Å². The molecule has 0 aliphatic heterocycles. The Labute approximate surface area is 161 Å². The minimum atomic E-state index is -1.05. The topological polar surface area (TPSA) is 129 Å². The van der Waals surface area contributed by atoms with Crippen molar-refractivity contribution >= 4 is 17.6 Å². The predicted molar refractivity (Wildman–Crippen MR) is 92.3 cm³/mol. The SMILES string of the molecule is NC(CC(=O)O)Cc1nnn(-c2ccc(Oc3ncc(Cl)cc3F)cc2F)n1. The Kier molecular flexibility index (Phi) is 5.76. The largest absolute Gasteiger partial charge is 0.481 e. The summed E-state index contributed by atoms with van der Waals surface area (Å²) in [6.07, 6.45) is 1.00. The number of carboxylic acid groups (broad SMARTS) is 1. The monoisotopic (exact) mass is 410 g/mol. The fourth-order valence-electron chi connectivity index (χ4n) is 2.26. The van der Waals surface area contributed by atoms with E-state index >= 15 is 0 Å². The van der Waals surface area contributed by atoms with Crippen LogP contribution in [0.5, 0.6) is 11.6 Å². The smallest absolute Gasteiger partial charge is 0.304 e. The number of pyridine rings is 1. The lowest BCUT2D eigenvalue weighted by atomic mass is 10.1. The standard InChI is InChI=1S/C16H13ClF2N6O3/c17-8-3-12(19)16(21-7-8)28-10-1-2-13(11(18)6-10)25-23-14(22-24-25)4-9(20)5-15(26)27/h1-3,6-7,9H,4-5,20H2,(H,26,27). The maximum absolute atomic E-state index is 14.4. The van der Waals surface area contributed by atoms with Crippen molar-refractivity contribution in [3.63, 3.8) is 0 Å². The molecule has 0 fully saturated rings. The van der Waals surface area contributed by atoms with E-state index in [-0.39, 0.29) is 41.0 Å². The minimum Gasteiger partial charge on any atom is -0.481 e. The van der Waals surface area contributed by atoms with E-state index in [1.54, 1.807) is 0 Å². The number of hydrogen-bond acceptors (Lipinski definition) is 7. The van der Waals surface area contributed by atoms with Crippen LogP contribution in [0.4, 0.5) is 8.78 Å². The second-order valence-electron chi connectivity index (χ2n) is 5.71. The van der Waals surface area contributed by atoms with Gasteiger partial charge in [-0.1, -0.05) is 11.6 Å². The molecule has 0 amide bonds. The van der Waals surface area contributed by atoms with E-state index in [1.807, 2.05) is 0 Å². The van der Waals surface area contributed by atoms with Gasteiger partial charge in [-0.05, 0) is 23.4 Å². The van der Waals surface area contributed by atoms with Crippen molar-refractivity contribution in [2.24, 2.45) is 5.73 Å². The number of carboxylic acids is 1. The highest BCUT2D eigenvalue weighted by Gasteiger charge is 2.16. The molecule has 0 saturated heterocycles. The van der Waals surface area contributed by atoms with Gasteiger partial charge in [0.2, 0.25) is 0 Å². The van der Waals surface area contributed by atoms with Crippen LogP contribution in [0, 0.1) is 11.6 Å². The van der Waals surface area contributed by atoms with Crippen LogP contribution < -0.4 is 10.5 Å². The number of aromatic nitrogens is 5. The summed E-state index contributed by atoms with van der Waals surface area (Å²) in [6.45, 7) is 0. The van der Waals surface area contributed by atoms with Crippen LogP contribution in [0.25, 0.3) is 5.69 Å². The zero-order chi connectivity index (χ0) is 20.3. The van der Waals surface area contributed by atoms with Gasteiger partial charge in [-0.3, -0.25) is 4.79 Å². The Hall–Kier alpha value is -3.18. The van der Waals surface area contributed by atoms with Crippen molar-refractivity contribution in [2.75, 3.05) is 0 Å². The molecule has 2 aromatic heterocycles. The number of halogens is 3. The average Bonchev–Trinajstić information content (AvgIpc) is 3.04. The average molecular weight is 411 g/mol. The molecule has 3 N–H and O–H groups in total. The molecule has 146 valence electrons. The number of tetrazole rings is 1. The fraction of sp³-hybridized carbons (Fsp3) is 0.188. The summed E-state index contributed by atoms with van der Waals surface area (Å²) in [7, 11) is 0. The Morgan fingerprint density at radius 1 is 1.32 bits per heavy atom. The third kappa shape index (κ3) is 4.75. The van der Waals surface area contributed by atoms with E-state index in [9.17, 15) is 13.6 Å². The van der Waals surface area contributed by atoms with Crippen LogP contribution in [-0.2, 0) is 11.2 Å². The van der Waals surface area contributed by atoms with Crippen LogP contribution in [0.15, 0.2) is 30.5 Å². The number of rotatable bonds is 7.